The van der Waals surface area contributed by atoms with Gasteiger partial charge in [-0.3, -0.25) is 9.59 Å². The van der Waals surface area contributed by atoms with Crippen molar-refractivity contribution in [3.8, 4) is 0 Å². The first-order valence-electron chi connectivity index (χ1n) is 61.3. The first-order valence-corrected chi connectivity index (χ1v) is 61.3. The van der Waals surface area contributed by atoms with Crippen LogP contribution in [-0.2, 0) is 38.0 Å². The van der Waals surface area contributed by atoms with Crippen LogP contribution in [0, 0.1) is 53.3 Å². The summed E-state index contributed by atoms with van der Waals surface area (Å²) in [5.41, 5.74) is 0. The summed E-state index contributed by atoms with van der Waals surface area (Å²) in [5, 5.41) is 0. The van der Waals surface area contributed by atoms with Crippen molar-refractivity contribution >= 4 is 11.9 Å². The minimum atomic E-state index is -0.378. The highest BCUT2D eigenvalue weighted by molar-refractivity contribution is 5.70. The first kappa shape index (κ1) is 141. The smallest absolute Gasteiger partial charge is 0.306 e. The molecule has 0 fully saturated rings. The van der Waals surface area contributed by atoms with E-state index in [2.05, 4.69) is 232 Å². The van der Waals surface area contributed by atoms with Gasteiger partial charge in [-0.15, -0.1) is 0 Å². The van der Waals surface area contributed by atoms with Gasteiger partial charge in [0.2, 0.25) is 0 Å². The molecule has 0 spiro atoms. The molecule has 0 N–H and O–H groups in total. The highest BCUT2D eigenvalue weighted by atomic mass is 16.6. The van der Waals surface area contributed by atoms with Crippen molar-refractivity contribution in [1.82, 2.24) is 9.80 Å². The standard InChI is InChI=1S/C47H96O2.C42H75NO4.C41H77NO2/c1-38(2)19-13-21-41(7)23-15-25-43(9)27-17-29-45(11)33-35-48-37-47(32-31-40(5)6)49-36-34-46(12)30-18-28-44(10)26-16-24-42(8)22-14-20-39(3)4;1-5-7-9-11-13-15-17-19-21-23-25-27-29-31-33-35-41(44)46-39-40(37-38-43(3)4)47-42(45)36-34-32-30-28-26-24-22-20-18-16-14-12-10-8-6-2;1-5-8-10-12-14-16-18-20-22-23-24-26-28-30-32-34-38-43-40-41(36-37-42(4)7-3)44-39-35-33-31-29-27-25-21-19-17-15-13-11-9-6-2/h38-47H,13-37H2,1-12H3;13-16,19-22,40H,5-12,17-18,23-39H2,1-4H3;11,13-14,16-17,19-20,22,41H,5-10,12,15,18,21,23-40H2,1-4H3/b;15-13-,16-14-,21-19-,22-20-;13-11-,16-14-,19-17-,22-20-. The van der Waals surface area contributed by atoms with E-state index in [9.17, 15) is 9.59 Å². The average Bonchev–Trinajstić information content (AvgIpc) is 0.923. The number of hydrogen-bond acceptors (Lipinski definition) is 10. The minimum absolute atomic E-state index is 0.154. The fraction of sp³-hybridized carbons (Fsp3) is 0.862. The van der Waals surface area contributed by atoms with Crippen LogP contribution in [0.25, 0.3) is 0 Å². The molecule has 10 nitrogen and oxygen atoms in total. The fourth-order valence-corrected chi connectivity index (χ4v) is 17.9. The van der Waals surface area contributed by atoms with E-state index in [-0.39, 0.29) is 36.9 Å². The third kappa shape index (κ3) is 118. The Morgan fingerprint density at radius 2 is 0.529 bits per heavy atom. The quantitative estimate of drug-likeness (QED) is 0.0333. The second-order valence-corrected chi connectivity index (χ2v) is 45.2. The van der Waals surface area contributed by atoms with Crippen molar-refractivity contribution in [2.75, 3.05) is 87.0 Å². The van der Waals surface area contributed by atoms with Crippen LogP contribution in [0.5, 0.6) is 0 Å². The molecule has 0 aromatic rings. The van der Waals surface area contributed by atoms with Crippen LogP contribution < -0.4 is 0 Å². The molecule has 9 atom stereocenters. The lowest BCUT2D eigenvalue weighted by molar-refractivity contribution is -0.159. The van der Waals surface area contributed by atoms with Crippen LogP contribution >= 0.6 is 0 Å². The van der Waals surface area contributed by atoms with Crippen LogP contribution in [0.4, 0.5) is 0 Å². The summed E-state index contributed by atoms with van der Waals surface area (Å²) in [7, 11) is 6.19. The van der Waals surface area contributed by atoms with E-state index >= 15 is 0 Å². The number of carbonyl (C=O) groups is 2. The summed E-state index contributed by atoms with van der Waals surface area (Å²) in [5.74, 6) is 7.17. The van der Waals surface area contributed by atoms with Crippen LogP contribution in [0.3, 0.4) is 0 Å². The molecule has 0 bridgehead atoms. The van der Waals surface area contributed by atoms with Gasteiger partial charge in [-0.1, -0.05) is 465 Å². The van der Waals surface area contributed by atoms with Crippen molar-refractivity contribution < 1.29 is 38.0 Å². The van der Waals surface area contributed by atoms with Gasteiger partial charge in [-0.25, -0.2) is 0 Å². The van der Waals surface area contributed by atoms with Gasteiger partial charge in [0, 0.05) is 58.8 Å². The Hall–Kier alpha value is -3.38. The second-order valence-electron chi connectivity index (χ2n) is 45.2. The number of ether oxygens (including phenoxy) is 6. The molecule has 0 amide bonds. The topological polar surface area (TPSA) is 96.0 Å². The van der Waals surface area contributed by atoms with Crippen molar-refractivity contribution in [2.45, 2.75) is 585 Å². The number of allylic oxidation sites excluding steroid dienone is 16. The molecule has 10 heteroatoms. The lowest BCUT2D eigenvalue weighted by Crippen LogP contribution is -2.29. The molecule has 9 unspecified atom stereocenters. The van der Waals surface area contributed by atoms with Gasteiger partial charge < -0.3 is 38.2 Å². The Labute approximate surface area is 877 Å². The summed E-state index contributed by atoms with van der Waals surface area (Å²) in [6.45, 7) is 48.2. The van der Waals surface area contributed by atoms with Crippen molar-refractivity contribution in [2.24, 2.45) is 53.3 Å². The Kier molecular flexibility index (Phi) is 115. The normalized spacial score (nSPS) is 14.3. The Morgan fingerprint density at radius 1 is 0.236 bits per heavy atom. The fourth-order valence-electron chi connectivity index (χ4n) is 17.9. The van der Waals surface area contributed by atoms with E-state index in [1.807, 2.05) is 14.1 Å². The molecule has 0 aromatic carbocycles. The van der Waals surface area contributed by atoms with Crippen molar-refractivity contribution in [3.05, 3.63) is 97.2 Å². The molecule has 0 saturated carbocycles. The van der Waals surface area contributed by atoms with Gasteiger partial charge in [0.05, 0.1) is 25.4 Å². The molecule has 140 heavy (non-hydrogen) atoms. The predicted octanol–water partition coefficient (Wildman–Crippen LogP) is 40.4. The number of esters is 2. The molecule has 0 aliphatic rings. The number of rotatable bonds is 105. The van der Waals surface area contributed by atoms with Gasteiger partial charge in [0.1, 0.15) is 12.7 Å². The molecule has 0 aromatic heterocycles. The maximum atomic E-state index is 12.5. The van der Waals surface area contributed by atoms with Crippen molar-refractivity contribution in [1.29, 1.82) is 0 Å². The summed E-state index contributed by atoms with van der Waals surface area (Å²) in [6.07, 6.45) is 123. The average molecular weight is 1970 g/mol. The zero-order valence-electron chi connectivity index (χ0n) is 97.9. The van der Waals surface area contributed by atoms with Gasteiger partial charge in [-0.2, -0.15) is 0 Å². The molecule has 0 aliphatic carbocycles. The van der Waals surface area contributed by atoms with E-state index in [1.54, 1.807) is 0 Å². The Balaban J connectivity index is -0.00000201. The molecule has 0 rings (SSSR count). The minimum Gasteiger partial charge on any atom is -0.462 e. The maximum absolute atomic E-state index is 12.5. The monoisotopic (exact) mass is 1970 g/mol. The summed E-state index contributed by atoms with van der Waals surface area (Å²) >= 11 is 0. The highest BCUT2D eigenvalue weighted by Gasteiger charge is 2.20. The van der Waals surface area contributed by atoms with Crippen LogP contribution in [-0.4, -0.2) is 127 Å². The van der Waals surface area contributed by atoms with Gasteiger partial charge in [0.25, 0.3) is 0 Å². The molecular weight excluding hydrogens is 1720 g/mol. The Bertz CT molecular complexity index is 2710. The lowest BCUT2D eigenvalue weighted by Gasteiger charge is -2.21. The third-order valence-electron chi connectivity index (χ3n) is 28.3. The maximum Gasteiger partial charge on any atom is 0.306 e. The van der Waals surface area contributed by atoms with Crippen LogP contribution in [0.1, 0.15) is 567 Å². The molecule has 0 aliphatic heterocycles. The number of nitrogens with zero attached hydrogens (tertiary/aromatic N) is 2. The largest absolute Gasteiger partial charge is 0.462 e. The molecule has 0 heterocycles. The lowest BCUT2D eigenvalue weighted by atomic mass is 9.91. The zero-order valence-corrected chi connectivity index (χ0v) is 97.9. The zero-order chi connectivity index (χ0) is 103. The summed E-state index contributed by atoms with van der Waals surface area (Å²) in [6, 6.07) is 0. The van der Waals surface area contributed by atoms with Gasteiger partial charge in [0.15, 0.2) is 0 Å². The van der Waals surface area contributed by atoms with Crippen molar-refractivity contribution in [3.63, 3.8) is 0 Å². The first-order chi connectivity index (χ1) is 68.0. The summed E-state index contributed by atoms with van der Waals surface area (Å²) in [4.78, 5) is 29.3. The number of carbonyl (C=O) groups excluding carboxylic acids is 2. The summed E-state index contributed by atoms with van der Waals surface area (Å²) < 4.78 is 36.4. The third-order valence-corrected chi connectivity index (χ3v) is 28.3. The van der Waals surface area contributed by atoms with Gasteiger partial charge in [-0.05, 0) is 261 Å². The molecule has 826 valence electrons. The number of hydrogen-bond donors (Lipinski definition) is 0. The van der Waals surface area contributed by atoms with Gasteiger partial charge >= 0.3 is 11.9 Å². The number of unbranched alkanes of at least 4 members (excludes halogenated alkanes) is 32. The van der Waals surface area contributed by atoms with E-state index in [0.717, 1.165) is 202 Å². The SMILES string of the molecule is CC(C)CCCC(C)CCCC(C)CCCC(C)CCOCC(CCC(C)C)OCCC(C)CCCC(C)CCCC(C)CCCC(C)C.CCC/C=C\C/C=C\CCCCCCCCOC(CCN(C)CC)COCCCCCCCC/C=C\C/C=C\CCCCC.CCCCC/C=C\C/C=C\CCCCCCCC(=O)OCC(CCN(C)C)OC(=O)CCCCCCC/C=C\C/C=C\CCCCC. The predicted molar refractivity (Wildman–Crippen MR) is 622 cm³/mol. The van der Waals surface area contributed by atoms with Crippen LogP contribution in [0.15, 0.2) is 97.2 Å². The van der Waals surface area contributed by atoms with E-state index < -0.39 is 0 Å². The van der Waals surface area contributed by atoms with E-state index in [4.69, 9.17) is 28.4 Å². The Morgan fingerprint density at radius 3 is 0.886 bits per heavy atom. The van der Waals surface area contributed by atoms with Crippen LogP contribution in [0.2, 0.25) is 0 Å². The molecule has 0 saturated heterocycles. The molecular formula is C130H248N2O8. The van der Waals surface area contributed by atoms with E-state index in [1.165, 1.54) is 340 Å². The highest BCUT2D eigenvalue weighted by Crippen LogP contribution is 2.27. The second kappa shape index (κ2) is 114. The van der Waals surface area contributed by atoms with E-state index in [0.29, 0.717) is 19.3 Å². The molecule has 0 radical (unpaired) electrons.